The summed E-state index contributed by atoms with van der Waals surface area (Å²) in [6.45, 7) is 7.11. The van der Waals surface area contributed by atoms with Crippen LogP contribution in [-0.2, 0) is 0 Å². The van der Waals surface area contributed by atoms with Gasteiger partial charge in [0.15, 0.2) is 0 Å². The summed E-state index contributed by atoms with van der Waals surface area (Å²) in [4.78, 5) is 6.53. The molecule has 0 amide bonds. The quantitative estimate of drug-likeness (QED) is 0.827. The van der Waals surface area contributed by atoms with Crippen LogP contribution < -0.4 is 10.5 Å². The molecule has 18 heavy (non-hydrogen) atoms. The Hall–Kier alpha value is -1.13. The summed E-state index contributed by atoms with van der Waals surface area (Å²) in [6, 6.07) is 3.83. The normalized spacial score (nSPS) is 22.0. The van der Waals surface area contributed by atoms with Crippen molar-refractivity contribution in [1.82, 2.24) is 9.88 Å². The lowest BCUT2D eigenvalue weighted by Gasteiger charge is -2.22. The van der Waals surface area contributed by atoms with Gasteiger partial charge in [-0.3, -0.25) is 4.98 Å². The third kappa shape index (κ3) is 3.43. The minimum Gasteiger partial charge on any atom is -0.492 e. The zero-order chi connectivity index (χ0) is 12.8. The number of hydrogen-bond donors (Lipinski definition) is 1. The van der Waals surface area contributed by atoms with Gasteiger partial charge in [0.05, 0.1) is 12.8 Å². The highest BCUT2D eigenvalue weighted by molar-refractivity contribution is 5.15. The Labute approximate surface area is 109 Å². The van der Waals surface area contributed by atoms with Gasteiger partial charge in [-0.2, -0.15) is 0 Å². The molecule has 4 heteroatoms. The lowest BCUT2D eigenvalue weighted by atomic mass is 9.92. The SMILES string of the molecule is CCN1CCC(C(CN)COc2cccnc2)C1. The van der Waals surface area contributed by atoms with Crippen LogP contribution in [0.2, 0.25) is 0 Å². The van der Waals surface area contributed by atoms with Gasteiger partial charge in [-0.05, 0) is 44.1 Å². The number of aromatic nitrogens is 1. The van der Waals surface area contributed by atoms with E-state index in [0.29, 0.717) is 25.0 Å². The number of nitrogens with two attached hydrogens (primary N) is 1. The van der Waals surface area contributed by atoms with Crippen molar-refractivity contribution in [2.75, 3.05) is 32.8 Å². The fraction of sp³-hybridized carbons (Fsp3) is 0.643. The van der Waals surface area contributed by atoms with Gasteiger partial charge in [-0.25, -0.2) is 0 Å². The largest absolute Gasteiger partial charge is 0.492 e. The molecule has 1 saturated heterocycles. The summed E-state index contributed by atoms with van der Waals surface area (Å²) < 4.78 is 5.78. The molecule has 0 bridgehead atoms. The number of hydrogen-bond acceptors (Lipinski definition) is 4. The summed E-state index contributed by atoms with van der Waals surface area (Å²) in [7, 11) is 0. The van der Waals surface area contributed by atoms with Crippen molar-refractivity contribution in [3.05, 3.63) is 24.5 Å². The summed E-state index contributed by atoms with van der Waals surface area (Å²) in [5.41, 5.74) is 5.89. The van der Waals surface area contributed by atoms with E-state index >= 15 is 0 Å². The molecule has 2 heterocycles. The first-order valence-corrected chi connectivity index (χ1v) is 6.78. The predicted octanol–water partition coefficient (Wildman–Crippen LogP) is 1.38. The lowest BCUT2D eigenvalue weighted by Crippen LogP contribution is -2.31. The van der Waals surface area contributed by atoms with Gasteiger partial charge in [-0.15, -0.1) is 0 Å². The van der Waals surface area contributed by atoms with Crippen LogP contribution in [0.1, 0.15) is 13.3 Å². The average molecular weight is 249 g/mol. The molecule has 2 N–H and O–H groups in total. The van der Waals surface area contributed by atoms with Crippen LogP contribution in [0.4, 0.5) is 0 Å². The Morgan fingerprint density at radius 3 is 3.11 bits per heavy atom. The van der Waals surface area contributed by atoms with Crippen molar-refractivity contribution in [3.63, 3.8) is 0 Å². The molecule has 1 aliphatic heterocycles. The molecule has 0 aromatic carbocycles. The highest BCUT2D eigenvalue weighted by Crippen LogP contribution is 2.24. The van der Waals surface area contributed by atoms with E-state index in [-0.39, 0.29) is 0 Å². The van der Waals surface area contributed by atoms with Crippen LogP contribution in [0, 0.1) is 11.8 Å². The van der Waals surface area contributed by atoms with Crippen LogP contribution >= 0.6 is 0 Å². The molecular formula is C14H23N3O. The lowest BCUT2D eigenvalue weighted by molar-refractivity contribution is 0.196. The zero-order valence-corrected chi connectivity index (χ0v) is 11.1. The van der Waals surface area contributed by atoms with Gasteiger partial charge < -0.3 is 15.4 Å². The standard InChI is InChI=1S/C14H23N3O/c1-2-17-7-5-12(10-17)13(8-15)11-18-14-4-3-6-16-9-14/h3-4,6,9,12-13H,2,5,7-8,10-11,15H2,1H3. The second kappa shape index (κ2) is 6.71. The first-order valence-electron chi connectivity index (χ1n) is 6.78. The van der Waals surface area contributed by atoms with Gasteiger partial charge in [0, 0.05) is 18.7 Å². The summed E-state index contributed by atoms with van der Waals surface area (Å²) >= 11 is 0. The molecule has 4 nitrogen and oxygen atoms in total. The Bertz CT molecular complexity index is 344. The zero-order valence-electron chi connectivity index (χ0n) is 11.1. The number of nitrogens with zero attached hydrogens (tertiary/aromatic N) is 2. The maximum atomic E-state index is 5.89. The van der Waals surface area contributed by atoms with E-state index < -0.39 is 0 Å². The number of pyridine rings is 1. The first kappa shape index (κ1) is 13.3. The highest BCUT2D eigenvalue weighted by Gasteiger charge is 2.28. The van der Waals surface area contributed by atoms with Crippen molar-refractivity contribution in [3.8, 4) is 5.75 Å². The van der Waals surface area contributed by atoms with Crippen molar-refractivity contribution >= 4 is 0 Å². The van der Waals surface area contributed by atoms with Crippen molar-refractivity contribution in [2.45, 2.75) is 13.3 Å². The molecule has 100 valence electrons. The summed E-state index contributed by atoms with van der Waals surface area (Å²) in [6.07, 6.45) is 4.75. The van der Waals surface area contributed by atoms with E-state index in [0.717, 1.165) is 18.8 Å². The summed E-state index contributed by atoms with van der Waals surface area (Å²) in [5, 5.41) is 0. The molecule has 2 atom stereocenters. The van der Waals surface area contributed by atoms with E-state index in [4.69, 9.17) is 10.5 Å². The average Bonchev–Trinajstić information content (AvgIpc) is 2.89. The van der Waals surface area contributed by atoms with Gasteiger partial charge in [-0.1, -0.05) is 6.92 Å². The Balaban J connectivity index is 1.83. The Morgan fingerprint density at radius 1 is 1.61 bits per heavy atom. The number of ether oxygens (including phenoxy) is 1. The third-order valence-corrected chi connectivity index (χ3v) is 3.82. The molecule has 0 spiro atoms. The van der Waals surface area contributed by atoms with Gasteiger partial charge in [0.1, 0.15) is 5.75 Å². The fourth-order valence-electron chi connectivity index (χ4n) is 2.57. The predicted molar refractivity (Wildman–Crippen MR) is 72.5 cm³/mol. The van der Waals surface area contributed by atoms with E-state index in [2.05, 4.69) is 16.8 Å². The molecule has 1 aromatic rings. The Morgan fingerprint density at radius 2 is 2.50 bits per heavy atom. The molecule has 1 aliphatic rings. The van der Waals surface area contributed by atoms with E-state index in [9.17, 15) is 0 Å². The van der Waals surface area contributed by atoms with Crippen LogP contribution in [-0.4, -0.2) is 42.7 Å². The van der Waals surface area contributed by atoms with Gasteiger partial charge in [0.2, 0.25) is 0 Å². The van der Waals surface area contributed by atoms with E-state index in [1.165, 1.54) is 13.0 Å². The smallest absolute Gasteiger partial charge is 0.137 e. The van der Waals surface area contributed by atoms with Crippen LogP contribution in [0.3, 0.4) is 0 Å². The molecule has 1 aromatic heterocycles. The molecule has 0 aliphatic carbocycles. The third-order valence-electron chi connectivity index (χ3n) is 3.82. The van der Waals surface area contributed by atoms with E-state index in [1.807, 2.05) is 12.1 Å². The molecule has 1 fully saturated rings. The second-order valence-electron chi connectivity index (χ2n) is 4.94. The molecule has 0 radical (unpaired) electrons. The minimum absolute atomic E-state index is 0.446. The second-order valence-corrected chi connectivity index (χ2v) is 4.94. The van der Waals surface area contributed by atoms with Crippen molar-refractivity contribution < 1.29 is 4.74 Å². The minimum atomic E-state index is 0.446. The first-order chi connectivity index (χ1) is 8.83. The topological polar surface area (TPSA) is 51.4 Å². The van der Waals surface area contributed by atoms with E-state index in [1.54, 1.807) is 12.4 Å². The van der Waals surface area contributed by atoms with Crippen LogP contribution in [0.5, 0.6) is 5.75 Å². The molecule has 0 saturated carbocycles. The number of rotatable bonds is 6. The van der Waals surface area contributed by atoms with Gasteiger partial charge >= 0.3 is 0 Å². The van der Waals surface area contributed by atoms with Crippen LogP contribution in [0.25, 0.3) is 0 Å². The van der Waals surface area contributed by atoms with Gasteiger partial charge in [0.25, 0.3) is 0 Å². The molecular weight excluding hydrogens is 226 g/mol. The Kier molecular flexibility index (Phi) is 4.96. The van der Waals surface area contributed by atoms with Crippen LogP contribution in [0.15, 0.2) is 24.5 Å². The monoisotopic (exact) mass is 249 g/mol. The summed E-state index contributed by atoms with van der Waals surface area (Å²) in [5.74, 6) is 1.95. The highest BCUT2D eigenvalue weighted by atomic mass is 16.5. The fourth-order valence-corrected chi connectivity index (χ4v) is 2.57. The molecule has 2 unspecified atom stereocenters. The van der Waals surface area contributed by atoms with Crippen molar-refractivity contribution in [1.29, 1.82) is 0 Å². The maximum absolute atomic E-state index is 5.89. The van der Waals surface area contributed by atoms with Crippen molar-refractivity contribution in [2.24, 2.45) is 17.6 Å². The number of likely N-dealkylation sites (tertiary alicyclic amines) is 1. The maximum Gasteiger partial charge on any atom is 0.137 e. The molecule has 2 rings (SSSR count).